The minimum absolute atomic E-state index is 0.466. The first-order valence-corrected chi connectivity index (χ1v) is 5.66. The summed E-state index contributed by atoms with van der Waals surface area (Å²) >= 11 is 5.86. The second kappa shape index (κ2) is 4.68. The third kappa shape index (κ3) is 2.10. The van der Waals surface area contributed by atoms with Crippen LogP contribution in [0.25, 0.3) is 5.69 Å². The second-order valence-corrected chi connectivity index (χ2v) is 4.01. The van der Waals surface area contributed by atoms with Crippen LogP contribution in [0.5, 0.6) is 0 Å². The van der Waals surface area contributed by atoms with Gasteiger partial charge in [0.1, 0.15) is 0 Å². The first kappa shape index (κ1) is 11.2. The molecule has 2 rings (SSSR count). The van der Waals surface area contributed by atoms with E-state index in [2.05, 4.69) is 12.0 Å². The Kier molecular flexibility index (Phi) is 3.27. The van der Waals surface area contributed by atoms with Crippen LogP contribution in [0.4, 0.5) is 0 Å². The molecule has 0 amide bonds. The molecule has 0 aliphatic carbocycles. The molecule has 0 spiro atoms. The van der Waals surface area contributed by atoms with Gasteiger partial charge in [-0.25, -0.2) is 4.68 Å². The van der Waals surface area contributed by atoms with Gasteiger partial charge in [0.2, 0.25) is 0 Å². The summed E-state index contributed by atoms with van der Waals surface area (Å²) in [6, 6.07) is 9.67. The molecule has 1 aromatic heterocycles. The highest BCUT2D eigenvalue weighted by atomic mass is 35.5. The van der Waals surface area contributed by atoms with Gasteiger partial charge in [-0.3, -0.25) is 0 Å². The van der Waals surface area contributed by atoms with Crippen LogP contribution in [-0.4, -0.2) is 9.78 Å². The highest BCUT2D eigenvalue weighted by Gasteiger charge is 2.06. The zero-order valence-electron chi connectivity index (χ0n) is 9.15. The maximum Gasteiger partial charge on any atom is 0.0767 e. The Balaban J connectivity index is 2.45. The molecule has 1 heterocycles. The average Bonchev–Trinajstić information content (AvgIpc) is 2.73. The number of nitrogens with zero attached hydrogens (tertiary/aromatic N) is 2. The lowest BCUT2D eigenvalue weighted by molar-refractivity contribution is 0.790. The lowest BCUT2D eigenvalue weighted by atomic mass is 10.2. The van der Waals surface area contributed by atoms with Gasteiger partial charge in [-0.05, 0) is 36.8 Å². The second-order valence-electron chi connectivity index (χ2n) is 3.57. The van der Waals surface area contributed by atoms with Crippen molar-refractivity contribution in [2.75, 3.05) is 0 Å². The van der Waals surface area contributed by atoms with Crippen molar-refractivity contribution in [3.63, 3.8) is 0 Å². The van der Waals surface area contributed by atoms with E-state index in [1.54, 1.807) is 0 Å². The fraction of sp³-hybridized carbons (Fsp3) is 0.250. The summed E-state index contributed by atoms with van der Waals surface area (Å²) in [4.78, 5) is 0. The molecule has 0 saturated heterocycles. The fourth-order valence-electron chi connectivity index (χ4n) is 1.63. The Hall–Kier alpha value is -1.32. The summed E-state index contributed by atoms with van der Waals surface area (Å²) in [6.07, 6.45) is 0.926. The molecule has 84 valence electrons. The molecule has 0 aliphatic heterocycles. The SMILES string of the molecule is CCc1cc(CN)nn1-c1ccc(Cl)cc1. The topological polar surface area (TPSA) is 43.8 Å². The Bertz CT molecular complexity index is 474. The fourth-order valence-corrected chi connectivity index (χ4v) is 1.76. The van der Waals surface area contributed by atoms with Crippen LogP contribution in [0, 0.1) is 0 Å². The van der Waals surface area contributed by atoms with Gasteiger partial charge in [0.25, 0.3) is 0 Å². The number of nitrogens with two attached hydrogens (primary N) is 1. The van der Waals surface area contributed by atoms with Crippen molar-refractivity contribution in [2.24, 2.45) is 5.73 Å². The highest BCUT2D eigenvalue weighted by Crippen LogP contribution is 2.16. The molecule has 16 heavy (non-hydrogen) atoms. The smallest absolute Gasteiger partial charge is 0.0767 e. The molecule has 4 heteroatoms. The summed E-state index contributed by atoms with van der Waals surface area (Å²) in [5.74, 6) is 0. The largest absolute Gasteiger partial charge is 0.325 e. The van der Waals surface area contributed by atoms with Crippen molar-refractivity contribution in [3.8, 4) is 5.69 Å². The van der Waals surface area contributed by atoms with Gasteiger partial charge in [-0.2, -0.15) is 5.10 Å². The number of aromatic nitrogens is 2. The van der Waals surface area contributed by atoms with E-state index >= 15 is 0 Å². The molecule has 3 nitrogen and oxygen atoms in total. The molecule has 0 aliphatic rings. The molecule has 0 unspecified atom stereocenters. The van der Waals surface area contributed by atoms with Gasteiger partial charge < -0.3 is 5.73 Å². The van der Waals surface area contributed by atoms with Gasteiger partial charge in [0.05, 0.1) is 11.4 Å². The Morgan fingerprint density at radius 2 is 2.00 bits per heavy atom. The average molecular weight is 236 g/mol. The Morgan fingerprint density at radius 1 is 1.31 bits per heavy atom. The number of benzene rings is 1. The van der Waals surface area contributed by atoms with Crippen molar-refractivity contribution in [1.82, 2.24) is 9.78 Å². The maximum absolute atomic E-state index is 5.86. The number of aryl methyl sites for hydroxylation is 1. The summed E-state index contributed by atoms with van der Waals surface area (Å²) in [5, 5.41) is 5.18. The van der Waals surface area contributed by atoms with E-state index in [1.165, 1.54) is 0 Å². The third-order valence-electron chi connectivity index (χ3n) is 2.48. The Morgan fingerprint density at radius 3 is 2.56 bits per heavy atom. The van der Waals surface area contributed by atoms with Crippen LogP contribution in [0.1, 0.15) is 18.3 Å². The van der Waals surface area contributed by atoms with Crippen molar-refractivity contribution in [3.05, 3.63) is 46.7 Å². The predicted octanol–water partition coefficient (Wildman–Crippen LogP) is 2.55. The van der Waals surface area contributed by atoms with Crippen LogP contribution in [0.3, 0.4) is 0 Å². The zero-order chi connectivity index (χ0) is 11.5. The number of halogens is 1. The van der Waals surface area contributed by atoms with Gasteiger partial charge in [-0.1, -0.05) is 18.5 Å². The van der Waals surface area contributed by atoms with E-state index in [4.69, 9.17) is 17.3 Å². The molecule has 0 fully saturated rings. The summed E-state index contributed by atoms with van der Waals surface area (Å²) < 4.78 is 1.92. The van der Waals surface area contributed by atoms with E-state index in [9.17, 15) is 0 Å². The molecule has 0 bridgehead atoms. The molecule has 2 aromatic rings. The molecule has 0 radical (unpaired) electrons. The normalized spacial score (nSPS) is 10.7. The molecular weight excluding hydrogens is 222 g/mol. The highest BCUT2D eigenvalue weighted by molar-refractivity contribution is 6.30. The molecule has 2 N–H and O–H groups in total. The minimum Gasteiger partial charge on any atom is -0.325 e. The van der Waals surface area contributed by atoms with Crippen molar-refractivity contribution < 1.29 is 0 Å². The summed E-state index contributed by atoms with van der Waals surface area (Å²) in [5.41, 5.74) is 8.67. The quantitative estimate of drug-likeness (QED) is 0.889. The molecule has 0 saturated carbocycles. The van der Waals surface area contributed by atoms with Crippen molar-refractivity contribution >= 4 is 11.6 Å². The van der Waals surface area contributed by atoms with Crippen molar-refractivity contribution in [2.45, 2.75) is 19.9 Å². The molecule has 1 aromatic carbocycles. The van der Waals surface area contributed by atoms with Gasteiger partial charge in [0, 0.05) is 17.3 Å². The lowest BCUT2D eigenvalue weighted by Gasteiger charge is -2.05. The van der Waals surface area contributed by atoms with Gasteiger partial charge >= 0.3 is 0 Å². The van der Waals surface area contributed by atoms with E-state index in [-0.39, 0.29) is 0 Å². The zero-order valence-corrected chi connectivity index (χ0v) is 9.91. The van der Waals surface area contributed by atoms with E-state index in [1.807, 2.05) is 35.0 Å². The van der Waals surface area contributed by atoms with Gasteiger partial charge in [-0.15, -0.1) is 0 Å². The van der Waals surface area contributed by atoms with E-state index in [0.717, 1.165) is 28.5 Å². The van der Waals surface area contributed by atoms with Crippen LogP contribution in [0.2, 0.25) is 5.02 Å². The standard InChI is InChI=1S/C12H14ClN3/c1-2-11-7-10(8-14)15-16(11)12-5-3-9(13)4-6-12/h3-7H,2,8,14H2,1H3. The first-order valence-electron chi connectivity index (χ1n) is 5.28. The van der Waals surface area contributed by atoms with E-state index in [0.29, 0.717) is 6.54 Å². The predicted molar refractivity (Wildman–Crippen MR) is 65.8 cm³/mol. The molecular formula is C12H14ClN3. The van der Waals surface area contributed by atoms with E-state index < -0.39 is 0 Å². The maximum atomic E-state index is 5.86. The Labute approximate surface area is 99.8 Å². The summed E-state index contributed by atoms with van der Waals surface area (Å²) in [7, 11) is 0. The van der Waals surface area contributed by atoms with Crippen LogP contribution >= 0.6 is 11.6 Å². The van der Waals surface area contributed by atoms with Crippen LogP contribution < -0.4 is 5.73 Å². The van der Waals surface area contributed by atoms with Crippen LogP contribution in [-0.2, 0) is 13.0 Å². The van der Waals surface area contributed by atoms with Crippen molar-refractivity contribution in [1.29, 1.82) is 0 Å². The minimum atomic E-state index is 0.466. The first-order chi connectivity index (χ1) is 7.74. The number of hydrogen-bond donors (Lipinski definition) is 1. The van der Waals surface area contributed by atoms with Crippen LogP contribution in [0.15, 0.2) is 30.3 Å². The lowest BCUT2D eigenvalue weighted by Crippen LogP contribution is -2.02. The van der Waals surface area contributed by atoms with Gasteiger partial charge in [0.15, 0.2) is 0 Å². The summed E-state index contributed by atoms with van der Waals surface area (Å²) in [6.45, 7) is 2.57. The monoisotopic (exact) mass is 235 g/mol. The molecule has 0 atom stereocenters. The number of hydrogen-bond acceptors (Lipinski definition) is 2. The third-order valence-corrected chi connectivity index (χ3v) is 2.73. The number of rotatable bonds is 3.